The Morgan fingerprint density at radius 1 is 1.13 bits per heavy atom. The number of piperidine rings is 2. The number of nitrogens with zero attached hydrogens (tertiary/aromatic N) is 3. The number of hydrogen-bond acceptors (Lipinski definition) is 4. The van der Waals surface area contributed by atoms with Gasteiger partial charge >= 0.3 is 6.09 Å². The van der Waals surface area contributed by atoms with Crippen molar-refractivity contribution < 1.29 is 14.3 Å². The van der Waals surface area contributed by atoms with Gasteiger partial charge in [-0.15, -0.1) is 0 Å². The molecule has 2 saturated heterocycles. The van der Waals surface area contributed by atoms with Gasteiger partial charge in [-0.1, -0.05) is 24.6 Å². The second-order valence-corrected chi connectivity index (χ2v) is 9.75. The Bertz CT molecular complexity index is 808. The first kappa shape index (κ1) is 22.1. The van der Waals surface area contributed by atoms with Crippen LogP contribution in [0.5, 0.6) is 0 Å². The summed E-state index contributed by atoms with van der Waals surface area (Å²) in [6, 6.07) is 6.56. The van der Waals surface area contributed by atoms with Crippen molar-refractivity contribution in [2.75, 3.05) is 50.8 Å². The van der Waals surface area contributed by atoms with E-state index in [0.717, 1.165) is 77.1 Å². The van der Waals surface area contributed by atoms with Crippen LogP contribution in [-0.4, -0.2) is 67.7 Å². The van der Waals surface area contributed by atoms with Crippen LogP contribution in [0.3, 0.4) is 0 Å². The minimum absolute atomic E-state index is 0.107. The third-order valence-corrected chi connectivity index (χ3v) is 7.49. The highest BCUT2D eigenvalue weighted by Gasteiger charge is 2.45. The number of hydrogen-bond donors (Lipinski definition) is 0. The number of ether oxygens (including phenoxy) is 1. The number of aryl methyl sites for hydroxylation is 1. The summed E-state index contributed by atoms with van der Waals surface area (Å²) in [5, 5.41) is 0. The van der Waals surface area contributed by atoms with E-state index in [-0.39, 0.29) is 17.4 Å². The van der Waals surface area contributed by atoms with Crippen LogP contribution in [0.25, 0.3) is 0 Å². The molecule has 0 radical (unpaired) electrons. The number of fused-ring (bicyclic) bond motifs is 2. The molecular weight excluding hydrogens is 390 g/mol. The van der Waals surface area contributed by atoms with Gasteiger partial charge in [0.1, 0.15) is 0 Å². The molecule has 6 heteroatoms. The zero-order chi connectivity index (χ0) is 22.0. The molecule has 31 heavy (non-hydrogen) atoms. The summed E-state index contributed by atoms with van der Waals surface area (Å²) in [7, 11) is 0. The Morgan fingerprint density at radius 2 is 1.84 bits per heavy atom. The summed E-state index contributed by atoms with van der Waals surface area (Å²) in [5.74, 6) is 0.796. The van der Waals surface area contributed by atoms with E-state index in [1.807, 2.05) is 16.7 Å². The molecule has 3 heterocycles. The molecule has 3 aliphatic rings. The molecular formula is C25H37N3O3. The lowest BCUT2D eigenvalue weighted by molar-refractivity contribution is -0.116. The lowest BCUT2D eigenvalue weighted by Crippen LogP contribution is -2.48. The molecule has 0 atom stereocenters. The summed E-state index contributed by atoms with van der Waals surface area (Å²) in [5.41, 5.74) is 3.88. The van der Waals surface area contributed by atoms with Gasteiger partial charge in [-0.25, -0.2) is 4.79 Å². The van der Waals surface area contributed by atoms with E-state index in [1.165, 1.54) is 11.1 Å². The van der Waals surface area contributed by atoms with Gasteiger partial charge in [0.05, 0.1) is 6.61 Å². The van der Waals surface area contributed by atoms with Crippen LogP contribution in [0.4, 0.5) is 10.5 Å². The van der Waals surface area contributed by atoms with Crippen LogP contribution < -0.4 is 4.90 Å². The van der Waals surface area contributed by atoms with Gasteiger partial charge in [0.15, 0.2) is 0 Å². The van der Waals surface area contributed by atoms with Crippen LogP contribution in [0.2, 0.25) is 0 Å². The molecule has 1 aromatic carbocycles. The van der Waals surface area contributed by atoms with E-state index in [9.17, 15) is 9.59 Å². The summed E-state index contributed by atoms with van der Waals surface area (Å²) >= 11 is 0. The molecule has 2 amide bonds. The SMILES string of the molecule is CCCOC(=O)N1CCC(CN2CCC3(CC2)CN(C(C)=O)c2ccc(C)cc23)CC1. The Kier molecular flexibility index (Phi) is 6.56. The first-order valence-electron chi connectivity index (χ1n) is 11.9. The molecule has 0 saturated carbocycles. The van der Waals surface area contributed by atoms with Gasteiger partial charge in [0.25, 0.3) is 0 Å². The number of carbonyl (C=O) groups excluding carboxylic acids is 2. The lowest BCUT2D eigenvalue weighted by Gasteiger charge is -2.42. The zero-order valence-electron chi connectivity index (χ0n) is 19.4. The Hall–Kier alpha value is -2.08. The Morgan fingerprint density at radius 3 is 2.48 bits per heavy atom. The number of rotatable bonds is 4. The second-order valence-electron chi connectivity index (χ2n) is 9.75. The quantitative estimate of drug-likeness (QED) is 0.730. The first-order valence-corrected chi connectivity index (χ1v) is 11.9. The van der Waals surface area contributed by atoms with E-state index in [0.29, 0.717) is 12.5 Å². The van der Waals surface area contributed by atoms with Gasteiger partial charge in [0, 0.05) is 44.2 Å². The standard InChI is InChI=1S/C25H37N3O3/c1-4-15-31-24(30)27-11-7-21(8-12-27)17-26-13-9-25(10-14-26)18-28(20(3)29)23-6-5-19(2)16-22(23)25/h5-6,16,21H,4,7-15,17-18H2,1-3H3. The fraction of sp³-hybridized carbons (Fsp3) is 0.680. The van der Waals surface area contributed by atoms with E-state index in [1.54, 1.807) is 6.92 Å². The lowest BCUT2D eigenvalue weighted by atomic mass is 9.74. The molecule has 0 bridgehead atoms. The largest absolute Gasteiger partial charge is 0.449 e. The van der Waals surface area contributed by atoms with Crippen LogP contribution in [-0.2, 0) is 14.9 Å². The number of likely N-dealkylation sites (tertiary alicyclic amines) is 2. The summed E-state index contributed by atoms with van der Waals surface area (Å²) in [6.07, 6.45) is 5.05. The molecule has 2 fully saturated rings. The van der Waals surface area contributed by atoms with E-state index in [2.05, 4.69) is 30.0 Å². The predicted octanol–water partition coefficient (Wildman–Crippen LogP) is 3.95. The molecule has 0 aliphatic carbocycles. The van der Waals surface area contributed by atoms with Gasteiger partial charge in [-0.2, -0.15) is 0 Å². The summed E-state index contributed by atoms with van der Waals surface area (Å²) in [4.78, 5) is 30.8. The smallest absolute Gasteiger partial charge is 0.409 e. The summed E-state index contributed by atoms with van der Waals surface area (Å²) < 4.78 is 5.28. The molecule has 1 aromatic rings. The fourth-order valence-electron chi connectivity index (χ4n) is 5.60. The monoisotopic (exact) mass is 427 g/mol. The van der Waals surface area contributed by atoms with Gasteiger partial charge in [0.2, 0.25) is 5.91 Å². The molecule has 1 spiro atoms. The molecule has 3 aliphatic heterocycles. The highest BCUT2D eigenvalue weighted by Crippen LogP contribution is 2.47. The van der Waals surface area contributed by atoms with Crippen molar-refractivity contribution in [1.29, 1.82) is 0 Å². The van der Waals surface area contributed by atoms with E-state index in [4.69, 9.17) is 4.74 Å². The third kappa shape index (κ3) is 4.59. The van der Waals surface area contributed by atoms with Crippen molar-refractivity contribution in [1.82, 2.24) is 9.80 Å². The van der Waals surface area contributed by atoms with Crippen molar-refractivity contribution in [2.24, 2.45) is 5.92 Å². The van der Waals surface area contributed by atoms with Crippen molar-refractivity contribution >= 4 is 17.7 Å². The predicted molar refractivity (Wildman–Crippen MR) is 122 cm³/mol. The Labute approximate surface area is 186 Å². The number of carbonyl (C=O) groups is 2. The minimum Gasteiger partial charge on any atom is -0.449 e. The van der Waals surface area contributed by atoms with Crippen LogP contribution in [0.1, 0.15) is 57.1 Å². The maximum absolute atomic E-state index is 12.3. The van der Waals surface area contributed by atoms with Gasteiger partial charge in [-0.05, 0) is 69.7 Å². The van der Waals surface area contributed by atoms with Crippen LogP contribution >= 0.6 is 0 Å². The van der Waals surface area contributed by atoms with Crippen molar-refractivity contribution in [2.45, 2.75) is 58.3 Å². The minimum atomic E-state index is -0.148. The normalized spacial score (nSPS) is 21.4. The van der Waals surface area contributed by atoms with Gasteiger partial charge in [-0.3, -0.25) is 4.79 Å². The average molecular weight is 428 g/mol. The molecule has 0 N–H and O–H groups in total. The number of benzene rings is 1. The molecule has 0 unspecified atom stereocenters. The van der Waals surface area contributed by atoms with Crippen molar-refractivity contribution in [3.8, 4) is 0 Å². The van der Waals surface area contributed by atoms with Crippen molar-refractivity contribution in [3.05, 3.63) is 29.3 Å². The summed E-state index contributed by atoms with van der Waals surface area (Å²) in [6.45, 7) is 12.1. The Balaban J connectivity index is 1.31. The first-order chi connectivity index (χ1) is 14.9. The van der Waals surface area contributed by atoms with E-state index < -0.39 is 0 Å². The van der Waals surface area contributed by atoms with E-state index >= 15 is 0 Å². The molecule has 6 nitrogen and oxygen atoms in total. The average Bonchev–Trinajstić information content (AvgIpc) is 3.08. The maximum Gasteiger partial charge on any atom is 0.409 e. The highest BCUT2D eigenvalue weighted by molar-refractivity contribution is 5.94. The third-order valence-electron chi connectivity index (χ3n) is 7.49. The topological polar surface area (TPSA) is 53.1 Å². The number of anilines is 1. The van der Waals surface area contributed by atoms with Crippen LogP contribution in [0, 0.1) is 12.8 Å². The molecule has 4 rings (SSSR count). The number of amides is 2. The second kappa shape index (κ2) is 9.19. The van der Waals surface area contributed by atoms with Gasteiger partial charge < -0.3 is 19.4 Å². The molecule has 0 aromatic heterocycles. The highest BCUT2D eigenvalue weighted by atomic mass is 16.6. The maximum atomic E-state index is 12.3. The van der Waals surface area contributed by atoms with Crippen LogP contribution in [0.15, 0.2) is 18.2 Å². The molecule has 170 valence electrons. The fourth-order valence-corrected chi connectivity index (χ4v) is 5.60. The van der Waals surface area contributed by atoms with Crippen molar-refractivity contribution in [3.63, 3.8) is 0 Å². The zero-order valence-corrected chi connectivity index (χ0v) is 19.4.